The van der Waals surface area contributed by atoms with Crippen molar-refractivity contribution < 1.29 is 1.37 Å². The van der Waals surface area contributed by atoms with Crippen molar-refractivity contribution in [2.75, 3.05) is 20.1 Å². The summed E-state index contributed by atoms with van der Waals surface area (Å²) < 4.78 is 7.57. The van der Waals surface area contributed by atoms with E-state index in [1.165, 1.54) is 13.0 Å². The highest BCUT2D eigenvalue weighted by Crippen LogP contribution is 2.13. The third kappa shape index (κ3) is 1.48. The number of hydrogen-bond acceptors (Lipinski definition) is 1. The first-order valence-electron chi connectivity index (χ1n) is 3.88. The van der Waals surface area contributed by atoms with Crippen LogP contribution in [0.3, 0.4) is 0 Å². The lowest BCUT2D eigenvalue weighted by molar-refractivity contribution is 0.230. The van der Waals surface area contributed by atoms with Gasteiger partial charge in [0.1, 0.15) is 0 Å². The molecule has 2 atom stereocenters. The quantitative estimate of drug-likeness (QED) is 0.459. The topological polar surface area (TPSA) is 3.24 Å². The fourth-order valence-corrected chi connectivity index (χ4v) is 0.993. The lowest BCUT2D eigenvalue weighted by atomic mass is 10.00. The van der Waals surface area contributed by atoms with Crippen LogP contribution in [0, 0.1) is 5.92 Å². The number of likely N-dealkylation sites (tertiary alicyclic amines) is 1. The molecular weight excluding hydrogens is 98.1 g/mol. The van der Waals surface area contributed by atoms with E-state index < -0.39 is 0 Å². The molecule has 0 aromatic rings. The van der Waals surface area contributed by atoms with Crippen molar-refractivity contribution >= 4 is 0 Å². The van der Waals surface area contributed by atoms with E-state index in [2.05, 4.69) is 18.9 Å². The van der Waals surface area contributed by atoms with Crippen LogP contribution >= 0.6 is 0 Å². The number of nitrogens with zero attached hydrogens (tertiary/aromatic N) is 1. The van der Waals surface area contributed by atoms with Crippen molar-refractivity contribution in [3.8, 4) is 0 Å². The lowest BCUT2D eigenvalue weighted by Gasteiger charge is -2.26. The second kappa shape index (κ2) is 2.49. The monoisotopic (exact) mass is 114 g/mol. The van der Waals surface area contributed by atoms with E-state index in [1.54, 1.807) is 0 Å². The molecule has 0 spiro atoms. The van der Waals surface area contributed by atoms with E-state index in [1.807, 2.05) is 0 Å². The first kappa shape index (κ1) is 4.80. The SMILES string of the molecule is [2H]C1CN(C)CC[C@@H]1C. The molecule has 0 aromatic heterocycles. The predicted octanol–water partition coefficient (Wildman–Crippen LogP) is 1.35. The van der Waals surface area contributed by atoms with Crippen LogP contribution in [0.25, 0.3) is 0 Å². The van der Waals surface area contributed by atoms with E-state index in [0.29, 0.717) is 5.92 Å². The Labute approximate surface area is 53.1 Å². The minimum Gasteiger partial charge on any atom is -0.306 e. The first-order valence-corrected chi connectivity index (χ1v) is 3.31. The normalized spacial score (nSPS) is 44.0. The van der Waals surface area contributed by atoms with E-state index in [4.69, 9.17) is 1.37 Å². The Bertz CT molecular complexity index is 94.9. The summed E-state index contributed by atoms with van der Waals surface area (Å²) in [5.41, 5.74) is 0. The van der Waals surface area contributed by atoms with Crippen LogP contribution in [0.1, 0.15) is 21.1 Å². The maximum absolute atomic E-state index is 7.57. The van der Waals surface area contributed by atoms with E-state index in [9.17, 15) is 0 Å². The smallest absolute Gasteiger partial charge is 0.0282 e. The molecule has 0 N–H and O–H groups in total. The minimum atomic E-state index is 0.156. The Morgan fingerprint density at radius 1 is 1.62 bits per heavy atom. The van der Waals surface area contributed by atoms with Gasteiger partial charge in [-0.25, -0.2) is 0 Å². The van der Waals surface area contributed by atoms with Gasteiger partial charge in [-0.15, -0.1) is 0 Å². The zero-order chi connectivity index (χ0) is 6.85. The van der Waals surface area contributed by atoms with Gasteiger partial charge in [0, 0.05) is 1.37 Å². The first-order chi connectivity index (χ1) is 4.20. The summed E-state index contributed by atoms with van der Waals surface area (Å²) in [4.78, 5) is 2.23. The van der Waals surface area contributed by atoms with Gasteiger partial charge in [-0.2, -0.15) is 0 Å². The summed E-state index contributed by atoms with van der Waals surface area (Å²) in [7, 11) is 2.09. The van der Waals surface area contributed by atoms with Crippen molar-refractivity contribution in [3.63, 3.8) is 0 Å². The van der Waals surface area contributed by atoms with Crippen molar-refractivity contribution in [2.24, 2.45) is 5.92 Å². The molecule has 1 aliphatic rings. The average Bonchev–Trinajstić information content (AvgIpc) is 1.80. The van der Waals surface area contributed by atoms with Gasteiger partial charge in [0.25, 0.3) is 0 Å². The molecule has 1 rings (SSSR count). The molecule has 1 saturated heterocycles. The van der Waals surface area contributed by atoms with Gasteiger partial charge in [-0.3, -0.25) is 0 Å². The molecule has 0 aliphatic carbocycles. The lowest BCUT2D eigenvalue weighted by Crippen LogP contribution is -2.28. The average molecular weight is 114 g/mol. The highest BCUT2D eigenvalue weighted by atomic mass is 15.1. The van der Waals surface area contributed by atoms with Crippen molar-refractivity contribution in [2.45, 2.75) is 19.7 Å². The third-order valence-corrected chi connectivity index (χ3v) is 1.79. The third-order valence-electron chi connectivity index (χ3n) is 1.79. The van der Waals surface area contributed by atoms with Gasteiger partial charge in [-0.1, -0.05) is 6.92 Å². The Kier molecular flexibility index (Phi) is 1.50. The number of rotatable bonds is 0. The molecule has 1 fully saturated rings. The maximum atomic E-state index is 7.57. The van der Waals surface area contributed by atoms with Crippen molar-refractivity contribution in [1.29, 1.82) is 0 Å². The fourth-order valence-electron chi connectivity index (χ4n) is 0.993. The van der Waals surface area contributed by atoms with Crippen molar-refractivity contribution in [1.82, 2.24) is 4.90 Å². The van der Waals surface area contributed by atoms with Crippen LogP contribution in [0.2, 0.25) is 0 Å². The molecule has 0 saturated carbocycles. The molecule has 1 heteroatoms. The molecule has 0 radical (unpaired) electrons. The van der Waals surface area contributed by atoms with Crippen LogP contribution in [-0.4, -0.2) is 25.0 Å². The number of piperidine rings is 1. The van der Waals surface area contributed by atoms with E-state index in [-0.39, 0.29) is 6.40 Å². The highest BCUT2D eigenvalue weighted by molar-refractivity contribution is 4.65. The Balaban J connectivity index is 2.35. The Morgan fingerprint density at radius 2 is 2.38 bits per heavy atom. The van der Waals surface area contributed by atoms with Crippen LogP contribution < -0.4 is 0 Å². The second-order valence-electron chi connectivity index (χ2n) is 2.76. The van der Waals surface area contributed by atoms with E-state index >= 15 is 0 Å². The minimum absolute atomic E-state index is 0.156. The molecule has 0 bridgehead atoms. The molecule has 1 heterocycles. The Hall–Kier alpha value is -0.0400. The standard InChI is InChI=1S/C7H15N/c1-7-3-5-8(2)6-4-7/h7H,3-6H2,1-2H3/i3D/t3?,7-/m1/s1. The summed E-state index contributed by atoms with van der Waals surface area (Å²) in [5, 5.41) is 0. The summed E-state index contributed by atoms with van der Waals surface area (Å²) >= 11 is 0. The largest absolute Gasteiger partial charge is 0.306 e. The van der Waals surface area contributed by atoms with Gasteiger partial charge >= 0.3 is 0 Å². The van der Waals surface area contributed by atoms with Gasteiger partial charge < -0.3 is 4.90 Å². The molecule has 8 heavy (non-hydrogen) atoms. The van der Waals surface area contributed by atoms with Crippen LogP contribution in [0.15, 0.2) is 0 Å². The molecule has 1 unspecified atom stereocenters. The summed E-state index contributed by atoms with van der Waals surface area (Å²) in [6.07, 6.45) is 1.36. The zero-order valence-electron chi connectivity index (χ0n) is 6.72. The van der Waals surface area contributed by atoms with Crippen molar-refractivity contribution in [3.05, 3.63) is 0 Å². The molecule has 48 valence electrons. The van der Waals surface area contributed by atoms with Gasteiger partial charge in [-0.05, 0) is 38.9 Å². The summed E-state index contributed by atoms with van der Waals surface area (Å²) in [6, 6.07) is 0. The summed E-state index contributed by atoms with van der Waals surface area (Å²) in [5.74, 6) is 0.612. The van der Waals surface area contributed by atoms with Gasteiger partial charge in [0.2, 0.25) is 0 Å². The molecule has 1 nitrogen and oxygen atoms in total. The molecule has 0 amide bonds. The zero-order valence-corrected chi connectivity index (χ0v) is 5.72. The summed E-state index contributed by atoms with van der Waals surface area (Å²) in [6.45, 7) is 4.31. The molecule has 1 aliphatic heterocycles. The van der Waals surface area contributed by atoms with Crippen LogP contribution in [0.5, 0.6) is 0 Å². The van der Waals surface area contributed by atoms with Gasteiger partial charge in [0.05, 0.1) is 0 Å². The number of hydrogen-bond donors (Lipinski definition) is 0. The van der Waals surface area contributed by atoms with Crippen LogP contribution in [0.4, 0.5) is 0 Å². The van der Waals surface area contributed by atoms with Gasteiger partial charge in [0.15, 0.2) is 0 Å². The van der Waals surface area contributed by atoms with E-state index in [0.717, 1.165) is 6.54 Å². The van der Waals surface area contributed by atoms with Crippen LogP contribution in [-0.2, 0) is 0 Å². The second-order valence-corrected chi connectivity index (χ2v) is 2.76. The predicted molar refractivity (Wildman–Crippen MR) is 35.9 cm³/mol. The fraction of sp³-hybridized carbons (Fsp3) is 1.00. The molecular formula is C7H15N. The molecule has 0 aromatic carbocycles. The maximum Gasteiger partial charge on any atom is 0.0282 e. The Morgan fingerprint density at radius 3 is 2.88 bits per heavy atom. The highest BCUT2D eigenvalue weighted by Gasteiger charge is 2.10.